The van der Waals surface area contributed by atoms with E-state index in [-0.39, 0.29) is 6.10 Å². The summed E-state index contributed by atoms with van der Waals surface area (Å²) in [4.78, 5) is 14.2. The molecular formula is C7H10N4O2. The number of rotatable bonds is 2. The Kier molecular flexibility index (Phi) is 2.42. The van der Waals surface area contributed by atoms with Gasteiger partial charge in [0, 0.05) is 19.5 Å². The number of morpholine rings is 1. The van der Waals surface area contributed by atoms with E-state index in [1.165, 1.54) is 0 Å². The van der Waals surface area contributed by atoms with Crippen LogP contribution in [0.15, 0.2) is 15.2 Å². The predicted molar refractivity (Wildman–Crippen MR) is 44.9 cm³/mol. The van der Waals surface area contributed by atoms with Crippen molar-refractivity contribution in [2.75, 3.05) is 19.7 Å². The van der Waals surface area contributed by atoms with Crippen LogP contribution in [0.5, 0.6) is 0 Å². The number of hydrogen-bond acceptors (Lipinski definition) is 4. The molecule has 1 atom stereocenters. The molecule has 0 aromatic rings. The highest BCUT2D eigenvalue weighted by Crippen LogP contribution is 2.08. The van der Waals surface area contributed by atoms with Gasteiger partial charge in [-0.15, -0.1) is 5.11 Å². The summed E-state index contributed by atoms with van der Waals surface area (Å²) in [5.74, 6) is 0.471. The highest BCUT2D eigenvalue weighted by Gasteiger charge is 2.19. The van der Waals surface area contributed by atoms with Gasteiger partial charge in [-0.25, -0.2) is 4.79 Å². The van der Waals surface area contributed by atoms with E-state index < -0.39 is 6.03 Å². The Morgan fingerprint density at radius 1 is 1.54 bits per heavy atom. The lowest BCUT2D eigenvalue weighted by Gasteiger charge is -2.22. The van der Waals surface area contributed by atoms with Crippen LogP contribution in [0.2, 0.25) is 0 Å². The van der Waals surface area contributed by atoms with Gasteiger partial charge in [-0.1, -0.05) is 5.11 Å². The highest BCUT2D eigenvalue weighted by atomic mass is 16.5. The summed E-state index contributed by atoms with van der Waals surface area (Å²) in [5, 5.41) is 10.1. The van der Waals surface area contributed by atoms with E-state index in [1.807, 2.05) is 0 Å². The first-order valence-corrected chi connectivity index (χ1v) is 4.20. The molecule has 2 heterocycles. The summed E-state index contributed by atoms with van der Waals surface area (Å²) in [5.41, 5.74) is 0. The van der Waals surface area contributed by atoms with Crippen LogP contribution in [0.25, 0.3) is 0 Å². The Bertz CT molecular complexity index is 268. The Balaban J connectivity index is 1.87. The minimum Gasteiger partial charge on any atom is -0.375 e. The second-order valence-electron chi connectivity index (χ2n) is 2.91. The molecule has 0 saturated carbocycles. The number of carbonyl (C=O) groups is 1. The quantitative estimate of drug-likeness (QED) is 0.669. The summed E-state index contributed by atoms with van der Waals surface area (Å²) >= 11 is 0. The topological polar surface area (TPSA) is 75.4 Å². The Hall–Kier alpha value is -1.14. The zero-order chi connectivity index (χ0) is 9.10. The lowest BCUT2D eigenvalue weighted by molar-refractivity contribution is 0.0334. The lowest BCUT2D eigenvalue weighted by atomic mass is 10.2. The summed E-state index contributed by atoms with van der Waals surface area (Å²) < 4.78 is 5.42. The summed E-state index contributed by atoms with van der Waals surface area (Å²) in [6.45, 7) is 2.36. The number of nitrogens with one attached hydrogen (secondary N) is 1. The van der Waals surface area contributed by atoms with Crippen LogP contribution in [0.3, 0.4) is 0 Å². The van der Waals surface area contributed by atoms with Crippen molar-refractivity contribution in [3.8, 4) is 0 Å². The van der Waals surface area contributed by atoms with Gasteiger partial charge in [-0.2, -0.15) is 4.99 Å². The predicted octanol–water partition coefficient (Wildman–Crippen LogP) is 0.349. The number of ether oxygens (including phenoxy) is 1. The van der Waals surface area contributed by atoms with E-state index >= 15 is 0 Å². The van der Waals surface area contributed by atoms with Gasteiger partial charge in [0.15, 0.2) is 5.84 Å². The van der Waals surface area contributed by atoms with Crippen LogP contribution < -0.4 is 5.32 Å². The van der Waals surface area contributed by atoms with Crippen molar-refractivity contribution in [2.45, 2.75) is 12.5 Å². The van der Waals surface area contributed by atoms with Crippen LogP contribution in [0.1, 0.15) is 6.42 Å². The van der Waals surface area contributed by atoms with Crippen molar-refractivity contribution in [1.29, 1.82) is 0 Å². The van der Waals surface area contributed by atoms with Crippen LogP contribution in [0, 0.1) is 0 Å². The van der Waals surface area contributed by atoms with Gasteiger partial charge < -0.3 is 10.1 Å². The molecule has 0 radical (unpaired) electrons. The van der Waals surface area contributed by atoms with E-state index in [1.54, 1.807) is 0 Å². The minimum atomic E-state index is -0.515. The third-order valence-corrected chi connectivity index (χ3v) is 1.89. The van der Waals surface area contributed by atoms with Crippen molar-refractivity contribution >= 4 is 11.9 Å². The molecule has 1 unspecified atom stereocenters. The average Bonchev–Trinajstić information content (AvgIpc) is 2.53. The molecule has 70 valence electrons. The van der Waals surface area contributed by atoms with Gasteiger partial charge in [0.25, 0.3) is 0 Å². The van der Waals surface area contributed by atoms with Gasteiger partial charge in [0.2, 0.25) is 0 Å². The first-order valence-electron chi connectivity index (χ1n) is 4.20. The number of urea groups is 1. The van der Waals surface area contributed by atoms with Crippen molar-refractivity contribution in [2.24, 2.45) is 15.2 Å². The number of nitrogens with zero attached hydrogens (tertiary/aromatic N) is 3. The van der Waals surface area contributed by atoms with Crippen LogP contribution in [-0.2, 0) is 4.74 Å². The molecule has 1 N–H and O–H groups in total. The molecule has 6 heteroatoms. The Labute approximate surface area is 75.1 Å². The molecule has 0 aromatic heterocycles. The SMILES string of the molecule is O=C1N=NC(CC2CNCCO2)=N1. The standard InChI is InChI=1S/C7H10N4O2/c12-7-9-6(10-11-7)3-5-4-8-1-2-13-5/h5,8H,1-4H2. The molecule has 1 saturated heterocycles. The fourth-order valence-corrected chi connectivity index (χ4v) is 1.30. The largest absolute Gasteiger partial charge is 0.387 e. The molecule has 13 heavy (non-hydrogen) atoms. The van der Waals surface area contributed by atoms with E-state index in [0.717, 1.165) is 13.1 Å². The highest BCUT2D eigenvalue weighted by molar-refractivity contribution is 5.98. The number of aliphatic imine (C=N–C) groups is 1. The molecule has 2 aliphatic heterocycles. The van der Waals surface area contributed by atoms with E-state index in [2.05, 4.69) is 20.5 Å². The fraction of sp³-hybridized carbons (Fsp3) is 0.714. The second kappa shape index (κ2) is 3.71. The molecule has 6 nitrogen and oxygen atoms in total. The number of hydrogen-bond donors (Lipinski definition) is 1. The zero-order valence-corrected chi connectivity index (χ0v) is 7.06. The van der Waals surface area contributed by atoms with Gasteiger partial charge in [0.05, 0.1) is 12.7 Å². The third-order valence-electron chi connectivity index (χ3n) is 1.89. The van der Waals surface area contributed by atoms with Crippen LogP contribution >= 0.6 is 0 Å². The molecule has 0 spiro atoms. The maximum Gasteiger partial charge on any atom is 0.387 e. The van der Waals surface area contributed by atoms with Gasteiger partial charge >= 0.3 is 6.03 Å². The number of azo groups is 1. The molecule has 2 aliphatic rings. The normalized spacial score (nSPS) is 27.8. The number of amides is 2. The van der Waals surface area contributed by atoms with Crippen molar-refractivity contribution < 1.29 is 9.53 Å². The third kappa shape index (κ3) is 2.16. The summed E-state index contributed by atoms with van der Waals surface area (Å²) in [7, 11) is 0. The van der Waals surface area contributed by atoms with E-state index in [4.69, 9.17) is 4.74 Å². The van der Waals surface area contributed by atoms with Gasteiger partial charge in [0.1, 0.15) is 0 Å². The van der Waals surface area contributed by atoms with E-state index in [9.17, 15) is 4.79 Å². The molecule has 0 aromatic carbocycles. The second-order valence-corrected chi connectivity index (χ2v) is 2.91. The van der Waals surface area contributed by atoms with Crippen molar-refractivity contribution in [3.05, 3.63) is 0 Å². The summed E-state index contributed by atoms with van der Waals surface area (Å²) in [6.07, 6.45) is 0.625. The monoisotopic (exact) mass is 182 g/mol. The molecule has 1 fully saturated rings. The van der Waals surface area contributed by atoms with Gasteiger partial charge in [-0.3, -0.25) is 0 Å². The lowest BCUT2D eigenvalue weighted by Crippen LogP contribution is -2.39. The zero-order valence-electron chi connectivity index (χ0n) is 7.06. The molecule has 2 rings (SSSR count). The maximum atomic E-state index is 10.6. The average molecular weight is 182 g/mol. The molecule has 0 bridgehead atoms. The Morgan fingerprint density at radius 3 is 3.08 bits per heavy atom. The number of amidine groups is 1. The van der Waals surface area contributed by atoms with Crippen molar-refractivity contribution in [1.82, 2.24) is 5.32 Å². The van der Waals surface area contributed by atoms with Crippen LogP contribution in [-0.4, -0.2) is 37.7 Å². The first kappa shape index (κ1) is 8.46. The summed E-state index contributed by atoms with van der Waals surface area (Å²) in [6, 6.07) is -0.515. The van der Waals surface area contributed by atoms with Gasteiger partial charge in [-0.05, 0) is 0 Å². The minimum absolute atomic E-state index is 0.0670. The van der Waals surface area contributed by atoms with E-state index in [0.29, 0.717) is 18.9 Å². The first-order chi connectivity index (χ1) is 6.34. The number of carbonyl (C=O) groups excluding carboxylic acids is 1. The smallest absolute Gasteiger partial charge is 0.375 e. The molecule has 0 aliphatic carbocycles. The molecule has 2 amide bonds. The maximum absolute atomic E-state index is 10.6. The fourth-order valence-electron chi connectivity index (χ4n) is 1.30. The Morgan fingerprint density at radius 2 is 2.46 bits per heavy atom. The molecular weight excluding hydrogens is 172 g/mol. The van der Waals surface area contributed by atoms with Crippen LogP contribution in [0.4, 0.5) is 4.79 Å². The van der Waals surface area contributed by atoms with Crippen molar-refractivity contribution in [3.63, 3.8) is 0 Å².